The molecule has 4 N–H and O–H groups in total. The Morgan fingerprint density at radius 1 is 1.02 bits per heavy atom. The number of amides is 1. The second kappa shape index (κ2) is 11.9. The smallest absolute Gasteiger partial charge is 0.303 e. The third-order valence-electron chi connectivity index (χ3n) is 6.83. The standard InChI is InChI=1S/C32H29N5O5/c1-19-15-28(37(2)36-19)32(42)34-24-7-4-6-21(16-24)30(40)22-11-14-25-26(31(41)35-27(25)17-22)18-33-23-12-9-20(10-13-23)5-3-8-29(38)39/h4,6-7,9-18,35,41H,3,5,8H2,1-2H3,(H,34,42)(H,38,39). The molecule has 0 fully saturated rings. The van der Waals surface area contributed by atoms with Crippen LogP contribution in [0.4, 0.5) is 11.4 Å². The second-order valence-corrected chi connectivity index (χ2v) is 9.98. The van der Waals surface area contributed by atoms with E-state index in [1.54, 1.807) is 68.7 Å². The Bertz CT molecular complexity index is 1830. The van der Waals surface area contributed by atoms with Gasteiger partial charge in [-0.2, -0.15) is 5.10 Å². The lowest BCUT2D eigenvalue weighted by Crippen LogP contribution is -2.16. The summed E-state index contributed by atoms with van der Waals surface area (Å²) in [6, 6.07) is 21.0. The van der Waals surface area contributed by atoms with Crippen LogP contribution in [0.2, 0.25) is 0 Å². The molecule has 0 radical (unpaired) electrons. The van der Waals surface area contributed by atoms with E-state index >= 15 is 0 Å². The van der Waals surface area contributed by atoms with Crippen molar-refractivity contribution in [2.75, 3.05) is 5.32 Å². The Hall–Kier alpha value is -5.51. The highest BCUT2D eigenvalue weighted by Gasteiger charge is 2.16. The number of benzene rings is 3. The van der Waals surface area contributed by atoms with Crippen molar-refractivity contribution in [1.82, 2.24) is 14.8 Å². The minimum Gasteiger partial charge on any atom is -0.494 e. The van der Waals surface area contributed by atoms with Crippen molar-refractivity contribution in [1.29, 1.82) is 0 Å². The molecule has 0 bridgehead atoms. The Morgan fingerprint density at radius 2 is 1.79 bits per heavy atom. The summed E-state index contributed by atoms with van der Waals surface area (Å²) in [6.07, 6.45) is 2.93. The Balaban J connectivity index is 1.30. The van der Waals surface area contributed by atoms with Crippen LogP contribution < -0.4 is 5.32 Å². The molecule has 1 amide bonds. The van der Waals surface area contributed by atoms with Crippen LogP contribution in [-0.2, 0) is 18.3 Å². The number of aromatic hydroxyl groups is 1. The number of carbonyl (C=O) groups is 3. The van der Waals surface area contributed by atoms with Gasteiger partial charge in [-0.3, -0.25) is 24.1 Å². The molecule has 10 heteroatoms. The molecule has 10 nitrogen and oxygen atoms in total. The van der Waals surface area contributed by atoms with E-state index in [9.17, 15) is 19.5 Å². The van der Waals surface area contributed by atoms with Gasteiger partial charge in [-0.05, 0) is 61.7 Å². The average molecular weight is 564 g/mol. The summed E-state index contributed by atoms with van der Waals surface area (Å²) in [4.78, 5) is 44.1. The van der Waals surface area contributed by atoms with Gasteiger partial charge in [0, 0.05) is 47.4 Å². The normalized spacial score (nSPS) is 11.3. The van der Waals surface area contributed by atoms with E-state index in [0.29, 0.717) is 57.5 Å². The van der Waals surface area contributed by atoms with Gasteiger partial charge in [-0.1, -0.05) is 36.4 Å². The van der Waals surface area contributed by atoms with Crippen molar-refractivity contribution in [3.8, 4) is 5.88 Å². The minimum atomic E-state index is -0.807. The van der Waals surface area contributed by atoms with Gasteiger partial charge < -0.3 is 20.5 Å². The molecule has 42 heavy (non-hydrogen) atoms. The van der Waals surface area contributed by atoms with Crippen molar-refractivity contribution < 1.29 is 24.6 Å². The molecule has 2 aromatic heterocycles. The van der Waals surface area contributed by atoms with Gasteiger partial charge in [0.05, 0.1) is 16.9 Å². The maximum Gasteiger partial charge on any atom is 0.303 e. The molecular formula is C32H29N5O5. The quantitative estimate of drug-likeness (QED) is 0.129. The van der Waals surface area contributed by atoms with E-state index in [1.807, 2.05) is 24.3 Å². The first-order chi connectivity index (χ1) is 20.2. The first kappa shape index (κ1) is 28.0. The number of fused-ring (bicyclic) bond motifs is 1. The van der Waals surface area contributed by atoms with Crippen molar-refractivity contribution in [3.63, 3.8) is 0 Å². The predicted octanol–water partition coefficient (Wildman–Crippen LogP) is 5.56. The van der Waals surface area contributed by atoms with Gasteiger partial charge in [0.2, 0.25) is 0 Å². The third-order valence-corrected chi connectivity index (χ3v) is 6.83. The number of H-pyrrole nitrogens is 1. The van der Waals surface area contributed by atoms with Crippen LogP contribution in [-0.4, -0.2) is 48.9 Å². The molecule has 5 rings (SSSR count). The van der Waals surface area contributed by atoms with Gasteiger partial charge >= 0.3 is 5.97 Å². The summed E-state index contributed by atoms with van der Waals surface area (Å²) in [6.45, 7) is 1.81. The van der Waals surface area contributed by atoms with Gasteiger partial charge in [0.15, 0.2) is 11.7 Å². The number of hydrogen-bond donors (Lipinski definition) is 4. The number of carboxylic acid groups (broad SMARTS) is 1. The van der Waals surface area contributed by atoms with E-state index in [1.165, 1.54) is 4.68 Å². The molecule has 0 spiro atoms. The number of carbonyl (C=O) groups excluding carboxylic acids is 2. The zero-order valence-electron chi connectivity index (χ0n) is 23.1. The number of carboxylic acids is 1. The molecule has 0 aliphatic carbocycles. The lowest BCUT2D eigenvalue weighted by molar-refractivity contribution is -0.137. The lowest BCUT2D eigenvalue weighted by Gasteiger charge is -2.08. The number of anilines is 1. The molecule has 5 aromatic rings. The van der Waals surface area contributed by atoms with Gasteiger partial charge in [-0.15, -0.1) is 0 Å². The topological polar surface area (TPSA) is 150 Å². The SMILES string of the molecule is Cc1cc(C(=O)Nc2cccc(C(=O)c3ccc4c(C=Nc5ccc(CCCC(=O)O)cc5)c(O)[nH]c4c3)c2)n(C)n1. The van der Waals surface area contributed by atoms with Crippen molar-refractivity contribution >= 4 is 46.2 Å². The number of rotatable bonds is 10. The molecule has 0 aliphatic rings. The van der Waals surface area contributed by atoms with Gasteiger partial charge in [-0.25, -0.2) is 0 Å². The van der Waals surface area contributed by atoms with E-state index in [0.717, 1.165) is 11.3 Å². The fraction of sp³-hybridized carbons (Fsp3) is 0.156. The second-order valence-electron chi connectivity index (χ2n) is 9.98. The first-order valence-corrected chi connectivity index (χ1v) is 13.3. The van der Waals surface area contributed by atoms with Crippen LogP contribution in [0.1, 0.15) is 56.1 Å². The highest BCUT2D eigenvalue weighted by molar-refractivity contribution is 6.13. The maximum atomic E-state index is 13.3. The molecule has 212 valence electrons. The molecule has 3 aromatic carbocycles. The van der Waals surface area contributed by atoms with Crippen LogP contribution in [0, 0.1) is 6.92 Å². The number of aromatic nitrogens is 3. The molecule has 0 aliphatic heterocycles. The number of aliphatic imine (C=N–C) groups is 1. The van der Waals surface area contributed by atoms with E-state index < -0.39 is 5.97 Å². The summed E-state index contributed by atoms with van der Waals surface area (Å²) in [5.74, 6) is -1.44. The minimum absolute atomic E-state index is 0.0706. The summed E-state index contributed by atoms with van der Waals surface area (Å²) in [7, 11) is 1.69. The highest BCUT2D eigenvalue weighted by atomic mass is 16.4. The molecular weight excluding hydrogens is 534 g/mol. The monoisotopic (exact) mass is 563 g/mol. The van der Waals surface area contributed by atoms with Gasteiger partial charge in [0.25, 0.3) is 5.91 Å². The number of ketones is 1. The van der Waals surface area contributed by atoms with E-state index in [4.69, 9.17) is 5.11 Å². The lowest BCUT2D eigenvalue weighted by atomic mass is 10.0. The Kier molecular flexibility index (Phi) is 7.96. The fourth-order valence-electron chi connectivity index (χ4n) is 4.73. The Labute approximate surface area is 241 Å². The molecule has 0 unspecified atom stereocenters. The van der Waals surface area contributed by atoms with Crippen molar-refractivity contribution in [3.05, 3.63) is 106 Å². The van der Waals surface area contributed by atoms with Crippen molar-refractivity contribution in [2.45, 2.75) is 26.2 Å². The number of aryl methyl sites for hydroxylation is 3. The molecule has 2 heterocycles. The number of hydrogen-bond acceptors (Lipinski definition) is 6. The van der Waals surface area contributed by atoms with Crippen molar-refractivity contribution in [2.24, 2.45) is 12.0 Å². The maximum absolute atomic E-state index is 13.3. The highest BCUT2D eigenvalue weighted by Crippen LogP contribution is 2.28. The fourth-order valence-corrected chi connectivity index (χ4v) is 4.73. The zero-order valence-corrected chi connectivity index (χ0v) is 23.1. The number of aliphatic carboxylic acids is 1. The zero-order chi connectivity index (χ0) is 29.8. The number of nitrogens with one attached hydrogen (secondary N) is 2. The predicted molar refractivity (Wildman–Crippen MR) is 160 cm³/mol. The summed E-state index contributed by atoms with van der Waals surface area (Å²) >= 11 is 0. The number of nitrogens with zero attached hydrogens (tertiary/aromatic N) is 3. The van der Waals surface area contributed by atoms with Crippen LogP contribution >= 0.6 is 0 Å². The molecule has 0 saturated carbocycles. The Morgan fingerprint density at radius 3 is 2.50 bits per heavy atom. The van der Waals surface area contributed by atoms with Crippen LogP contribution in [0.3, 0.4) is 0 Å². The van der Waals surface area contributed by atoms with Crippen LogP contribution in [0.5, 0.6) is 5.88 Å². The molecule has 0 atom stereocenters. The number of aromatic amines is 1. The first-order valence-electron chi connectivity index (χ1n) is 13.3. The summed E-state index contributed by atoms with van der Waals surface area (Å²) in [5.41, 5.74) is 5.21. The van der Waals surface area contributed by atoms with Crippen LogP contribution in [0.25, 0.3) is 10.9 Å². The molecule has 0 saturated heterocycles. The van der Waals surface area contributed by atoms with E-state index in [2.05, 4.69) is 20.4 Å². The van der Waals surface area contributed by atoms with Crippen LogP contribution in [0.15, 0.2) is 77.8 Å². The summed E-state index contributed by atoms with van der Waals surface area (Å²) < 4.78 is 1.50. The summed E-state index contributed by atoms with van der Waals surface area (Å²) in [5, 5.41) is 27.1. The average Bonchev–Trinajstić information content (AvgIpc) is 3.48. The van der Waals surface area contributed by atoms with E-state index in [-0.39, 0.29) is 24.0 Å². The largest absolute Gasteiger partial charge is 0.494 e. The third kappa shape index (κ3) is 6.28. The van der Waals surface area contributed by atoms with Gasteiger partial charge in [0.1, 0.15) is 5.69 Å².